The van der Waals surface area contributed by atoms with Crippen molar-refractivity contribution >= 4 is 6.03 Å². The predicted octanol–water partition coefficient (Wildman–Crippen LogP) is 3.54. The molecule has 2 aromatic rings. The highest BCUT2D eigenvalue weighted by Crippen LogP contribution is 2.19. The standard InChI is InChI=1S/C18H25N3O2/c1-12(2)14(4)20-18(22)19-10-9-16-11-23-17(21-16)15-7-5-13(3)6-8-15/h5-8,11-12,14H,9-10H2,1-4H3,(H2,19,20,22). The molecule has 1 heterocycles. The smallest absolute Gasteiger partial charge is 0.315 e. The van der Waals surface area contributed by atoms with Crippen LogP contribution in [-0.2, 0) is 6.42 Å². The first kappa shape index (κ1) is 17.1. The minimum atomic E-state index is -0.145. The summed E-state index contributed by atoms with van der Waals surface area (Å²) in [6.07, 6.45) is 2.28. The van der Waals surface area contributed by atoms with Crippen LogP contribution in [0.2, 0.25) is 0 Å². The van der Waals surface area contributed by atoms with E-state index >= 15 is 0 Å². The first-order valence-electron chi connectivity index (χ1n) is 8.01. The van der Waals surface area contributed by atoms with E-state index in [9.17, 15) is 4.79 Å². The van der Waals surface area contributed by atoms with Crippen LogP contribution in [0.5, 0.6) is 0 Å². The van der Waals surface area contributed by atoms with Gasteiger partial charge in [0.1, 0.15) is 6.26 Å². The number of carbonyl (C=O) groups is 1. The fourth-order valence-corrected chi connectivity index (χ4v) is 1.98. The Morgan fingerprint density at radius 3 is 2.57 bits per heavy atom. The highest BCUT2D eigenvalue weighted by molar-refractivity contribution is 5.74. The van der Waals surface area contributed by atoms with Crippen LogP contribution in [0.4, 0.5) is 4.79 Å². The Labute approximate surface area is 137 Å². The largest absolute Gasteiger partial charge is 0.444 e. The summed E-state index contributed by atoms with van der Waals surface area (Å²) >= 11 is 0. The molecular formula is C18H25N3O2. The Balaban J connectivity index is 1.81. The van der Waals surface area contributed by atoms with E-state index in [0.29, 0.717) is 24.8 Å². The lowest BCUT2D eigenvalue weighted by Crippen LogP contribution is -2.43. The Morgan fingerprint density at radius 2 is 1.91 bits per heavy atom. The van der Waals surface area contributed by atoms with Crippen LogP contribution in [0, 0.1) is 12.8 Å². The van der Waals surface area contributed by atoms with Gasteiger partial charge in [-0.25, -0.2) is 9.78 Å². The molecule has 2 N–H and O–H groups in total. The molecule has 0 fully saturated rings. The minimum Gasteiger partial charge on any atom is -0.444 e. The normalized spacial score (nSPS) is 12.2. The topological polar surface area (TPSA) is 67.2 Å². The lowest BCUT2D eigenvalue weighted by molar-refractivity contribution is 0.234. The SMILES string of the molecule is Cc1ccc(-c2nc(CCNC(=O)NC(C)C(C)C)co2)cc1. The van der Waals surface area contributed by atoms with Crippen LogP contribution in [0.25, 0.3) is 11.5 Å². The molecule has 5 heteroatoms. The molecular weight excluding hydrogens is 290 g/mol. The van der Waals surface area contributed by atoms with Gasteiger partial charge < -0.3 is 15.1 Å². The van der Waals surface area contributed by atoms with Crippen molar-refractivity contribution in [2.24, 2.45) is 5.92 Å². The summed E-state index contributed by atoms with van der Waals surface area (Å²) in [6, 6.07) is 8.04. The molecule has 1 aromatic heterocycles. The maximum atomic E-state index is 11.7. The van der Waals surface area contributed by atoms with E-state index in [4.69, 9.17) is 4.42 Å². The summed E-state index contributed by atoms with van der Waals surface area (Å²) in [5.74, 6) is 1.02. The number of carbonyl (C=O) groups excluding carboxylic acids is 1. The summed E-state index contributed by atoms with van der Waals surface area (Å²) in [7, 11) is 0. The van der Waals surface area contributed by atoms with Crippen LogP contribution >= 0.6 is 0 Å². The molecule has 1 aromatic carbocycles. The van der Waals surface area contributed by atoms with Crippen molar-refractivity contribution in [3.05, 3.63) is 41.8 Å². The van der Waals surface area contributed by atoms with E-state index in [0.717, 1.165) is 11.3 Å². The number of aromatic nitrogens is 1. The van der Waals surface area contributed by atoms with Gasteiger partial charge in [0, 0.05) is 24.6 Å². The molecule has 0 spiro atoms. The number of amides is 2. The van der Waals surface area contributed by atoms with Crippen molar-refractivity contribution in [1.29, 1.82) is 0 Å². The van der Waals surface area contributed by atoms with Gasteiger partial charge in [-0.1, -0.05) is 31.5 Å². The molecule has 0 aliphatic heterocycles. The van der Waals surface area contributed by atoms with E-state index < -0.39 is 0 Å². The van der Waals surface area contributed by atoms with Gasteiger partial charge in [0.25, 0.3) is 0 Å². The summed E-state index contributed by atoms with van der Waals surface area (Å²) in [4.78, 5) is 16.2. The Morgan fingerprint density at radius 1 is 1.22 bits per heavy atom. The number of rotatable bonds is 6. The number of urea groups is 1. The number of hydrogen-bond acceptors (Lipinski definition) is 3. The molecule has 0 aliphatic rings. The van der Waals surface area contributed by atoms with E-state index in [1.165, 1.54) is 5.56 Å². The lowest BCUT2D eigenvalue weighted by atomic mass is 10.1. The first-order chi connectivity index (χ1) is 11.0. The summed E-state index contributed by atoms with van der Waals surface area (Å²) in [5.41, 5.74) is 2.99. The van der Waals surface area contributed by atoms with Crippen molar-refractivity contribution in [1.82, 2.24) is 15.6 Å². The molecule has 124 valence electrons. The van der Waals surface area contributed by atoms with Crippen LogP contribution in [-0.4, -0.2) is 23.6 Å². The summed E-state index contributed by atoms with van der Waals surface area (Å²) in [6.45, 7) is 8.72. The second kappa shape index (κ2) is 7.81. The van der Waals surface area contributed by atoms with E-state index in [-0.39, 0.29) is 12.1 Å². The van der Waals surface area contributed by atoms with Crippen LogP contribution in [0.3, 0.4) is 0 Å². The van der Waals surface area contributed by atoms with Crippen LogP contribution in [0.15, 0.2) is 34.9 Å². The highest BCUT2D eigenvalue weighted by atomic mass is 16.3. The Kier molecular flexibility index (Phi) is 5.79. The zero-order chi connectivity index (χ0) is 16.8. The average Bonchev–Trinajstić information content (AvgIpc) is 2.96. The lowest BCUT2D eigenvalue weighted by Gasteiger charge is -2.17. The zero-order valence-corrected chi connectivity index (χ0v) is 14.2. The molecule has 23 heavy (non-hydrogen) atoms. The quantitative estimate of drug-likeness (QED) is 0.857. The maximum Gasteiger partial charge on any atom is 0.315 e. The van der Waals surface area contributed by atoms with Gasteiger partial charge in [0.2, 0.25) is 5.89 Å². The molecule has 1 unspecified atom stereocenters. The summed E-state index contributed by atoms with van der Waals surface area (Å²) in [5, 5.41) is 5.75. The molecule has 2 amide bonds. The zero-order valence-electron chi connectivity index (χ0n) is 14.2. The third kappa shape index (κ3) is 5.13. The monoisotopic (exact) mass is 315 g/mol. The number of nitrogens with zero attached hydrogens (tertiary/aromatic N) is 1. The van der Waals surface area contributed by atoms with Crippen molar-refractivity contribution in [3.63, 3.8) is 0 Å². The van der Waals surface area contributed by atoms with E-state index in [1.54, 1.807) is 6.26 Å². The predicted molar refractivity (Wildman–Crippen MR) is 91.2 cm³/mol. The molecule has 5 nitrogen and oxygen atoms in total. The number of nitrogens with one attached hydrogen (secondary N) is 2. The van der Waals surface area contributed by atoms with Crippen LogP contribution < -0.4 is 10.6 Å². The third-order valence-corrected chi connectivity index (χ3v) is 3.88. The number of hydrogen-bond donors (Lipinski definition) is 2. The molecule has 1 atom stereocenters. The molecule has 0 saturated heterocycles. The van der Waals surface area contributed by atoms with Gasteiger partial charge >= 0.3 is 6.03 Å². The molecule has 0 bridgehead atoms. The van der Waals surface area contributed by atoms with Crippen molar-refractivity contribution < 1.29 is 9.21 Å². The summed E-state index contributed by atoms with van der Waals surface area (Å²) < 4.78 is 5.50. The van der Waals surface area contributed by atoms with Crippen molar-refractivity contribution in [2.45, 2.75) is 40.2 Å². The third-order valence-electron chi connectivity index (χ3n) is 3.88. The van der Waals surface area contributed by atoms with Gasteiger partial charge in [0.05, 0.1) is 5.69 Å². The number of benzene rings is 1. The molecule has 0 aliphatic carbocycles. The van der Waals surface area contributed by atoms with Crippen molar-refractivity contribution in [3.8, 4) is 11.5 Å². The first-order valence-corrected chi connectivity index (χ1v) is 8.01. The van der Waals surface area contributed by atoms with Gasteiger partial charge in [-0.05, 0) is 31.9 Å². The fraction of sp³-hybridized carbons (Fsp3) is 0.444. The molecule has 0 saturated carbocycles. The van der Waals surface area contributed by atoms with E-state index in [2.05, 4.69) is 29.5 Å². The molecule has 0 radical (unpaired) electrons. The Hall–Kier alpha value is -2.30. The van der Waals surface area contributed by atoms with Gasteiger partial charge in [0.15, 0.2) is 0 Å². The minimum absolute atomic E-state index is 0.145. The van der Waals surface area contributed by atoms with Gasteiger partial charge in [-0.3, -0.25) is 0 Å². The van der Waals surface area contributed by atoms with Gasteiger partial charge in [-0.15, -0.1) is 0 Å². The highest BCUT2D eigenvalue weighted by Gasteiger charge is 2.11. The van der Waals surface area contributed by atoms with Crippen molar-refractivity contribution in [2.75, 3.05) is 6.54 Å². The Bertz CT molecular complexity index is 632. The number of aryl methyl sites for hydroxylation is 1. The second-order valence-electron chi connectivity index (χ2n) is 6.19. The second-order valence-corrected chi connectivity index (χ2v) is 6.19. The maximum absolute atomic E-state index is 11.7. The van der Waals surface area contributed by atoms with Crippen LogP contribution in [0.1, 0.15) is 32.0 Å². The fourth-order valence-electron chi connectivity index (χ4n) is 1.98. The number of oxazole rings is 1. The van der Waals surface area contributed by atoms with E-state index in [1.807, 2.05) is 38.1 Å². The van der Waals surface area contributed by atoms with Gasteiger partial charge in [-0.2, -0.15) is 0 Å². The average molecular weight is 315 g/mol. The molecule has 2 rings (SSSR count).